The second-order valence-corrected chi connectivity index (χ2v) is 11.3. The minimum atomic E-state index is -1.22. The van der Waals surface area contributed by atoms with Crippen LogP contribution < -0.4 is 14.4 Å². The van der Waals surface area contributed by atoms with Gasteiger partial charge in [-0.2, -0.15) is 10.1 Å². The Hall–Kier alpha value is -4.08. The Morgan fingerprint density at radius 1 is 1.08 bits per heavy atom. The molecule has 0 N–H and O–H groups in total. The molecule has 0 saturated heterocycles. The molecule has 2 atom stereocenters. The van der Waals surface area contributed by atoms with Crippen LogP contribution in [0, 0.1) is 0 Å². The van der Waals surface area contributed by atoms with E-state index in [-0.39, 0.29) is 30.3 Å². The van der Waals surface area contributed by atoms with Crippen LogP contribution in [0.2, 0.25) is 0 Å². The van der Waals surface area contributed by atoms with E-state index >= 15 is 0 Å². The Labute approximate surface area is 224 Å². The van der Waals surface area contributed by atoms with Gasteiger partial charge < -0.3 is 14.4 Å². The van der Waals surface area contributed by atoms with Gasteiger partial charge in [0.2, 0.25) is 11.8 Å². The highest BCUT2D eigenvalue weighted by Gasteiger charge is 2.61. The lowest BCUT2D eigenvalue weighted by atomic mass is 9.95. The van der Waals surface area contributed by atoms with Crippen LogP contribution in [-0.2, 0) is 10.2 Å². The number of rotatable bonds is 7. The number of carbonyl (C=O) groups excluding carboxylic acids is 1. The van der Waals surface area contributed by atoms with Gasteiger partial charge >= 0.3 is 6.01 Å². The fourth-order valence-electron chi connectivity index (χ4n) is 6.27. The SMILES string of the molecule is COc1ncc(-c2cc(C3C[C@@H]3c3ccc4c(c3)N(CC3(F)CC3)C(=O)C43CC3)c3nccn3n2)c(OC)n1. The predicted octanol–water partition coefficient (Wildman–Crippen LogP) is 4.35. The van der Waals surface area contributed by atoms with Crippen LogP contribution in [0.15, 0.2) is 42.9 Å². The average molecular weight is 527 g/mol. The highest BCUT2D eigenvalue weighted by Crippen LogP contribution is 2.61. The summed E-state index contributed by atoms with van der Waals surface area (Å²) in [4.78, 5) is 28.2. The maximum atomic E-state index is 14.8. The van der Waals surface area contributed by atoms with Crippen LogP contribution in [0.4, 0.5) is 10.1 Å². The van der Waals surface area contributed by atoms with E-state index in [0.717, 1.165) is 41.7 Å². The number of hydrogen-bond donors (Lipinski definition) is 0. The van der Waals surface area contributed by atoms with Crippen molar-refractivity contribution in [3.05, 3.63) is 59.5 Å². The Kier molecular flexibility index (Phi) is 4.54. The molecule has 1 spiro atoms. The van der Waals surface area contributed by atoms with Gasteiger partial charge in [0.25, 0.3) is 0 Å². The number of benzene rings is 1. The van der Waals surface area contributed by atoms with E-state index in [1.165, 1.54) is 12.7 Å². The largest absolute Gasteiger partial charge is 0.480 e. The molecule has 4 heterocycles. The Morgan fingerprint density at radius 2 is 1.92 bits per heavy atom. The van der Waals surface area contributed by atoms with Crippen LogP contribution in [0.5, 0.6) is 11.9 Å². The summed E-state index contributed by atoms with van der Waals surface area (Å²) in [5.74, 6) is 0.967. The van der Waals surface area contributed by atoms with Crippen molar-refractivity contribution in [2.75, 3.05) is 25.7 Å². The van der Waals surface area contributed by atoms with E-state index in [0.29, 0.717) is 30.0 Å². The molecule has 0 radical (unpaired) electrons. The molecule has 1 aromatic carbocycles. The third-order valence-corrected chi connectivity index (χ3v) is 8.86. The number of imidazole rings is 1. The van der Waals surface area contributed by atoms with E-state index in [1.54, 1.807) is 28.9 Å². The van der Waals surface area contributed by atoms with Gasteiger partial charge in [-0.3, -0.25) is 4.79 Å². The lowest BCUT2D eigenvalue weighted by Crippen LogP contribution is -2.37. The summed E-state index contributed by atoms with van der Waals surface area (Å²) in [5, 5.41) is 4.74. The van der Waals surface area contributed by atoms with Gasteiger partial charge in [0, 0.05) is 29.8 Å². The number of alkyl halides is 1. The molecule has 3 fully saturated rings. The summed E-state index contributed by atoms with van der Waals surface area (Å²) in [7, 11) is 3.07. The van der Waals surface area contributed by atoms with E-state index in [1.807, 2.05) is 12.3 Å². The number of carbonyl (C=O) groups is 1. The quantitative estimate of drug-likeness (QED) is 0.353. The Bertz CT molecular complexity index is 1680. The number of nitrogens with zero attached hydrogens (tertiary/aromatic N) is 6. The highest BCUT2D eigenvalue weighted by molar-refractivity contribution is 6.10. The first-order valence-electron chi connectivity index (χ1n) is 13.4. The van der Waals surface area contributed by atoms with Crippen LogP contribution in [0.25, 0.3) is 16.9 Å². The van der Waals surface area contributed by atoms with Crippen molar-refractivity contribution in [3.63, 3.8) is 0 Å². The normalized spacial score (nSPS) is 23.3. The van der Waals surface area contributed by atoms with E-state index in [9.17, 15) is 9.18 Å². The first kappa shape index (κ1) is 22.9. The molecule has 3 aliphatic carbocycles. The van der Waals surface area contributed by atoms with Crippen molar-refractivity contribution in [1.82, 2.24) is 24.6 Å². The van der Waals surface area contributed by atoms with Gasteiger partial charge in [-0.15, -0.1) is 0 Å². The summed E-state index contributed by atoms with van der Waals surface area (Å²) >= 11 is 0. The minimum absolute atomic E-state index is 0.0828. The van der Waals surface area contributed by atoms with Crippen LogP contribution in [0.3, 0.4) is 0 Å². The molecule has 1 aliphatic heterocycles. The van der Waals surface area contributed by atoms with Crippen LogP contribution in [-0.4, -0.2) is 56.9 Å². The van der Waals surface area contributed by atoms with E-state index in [2.05, 4.69) is 33.2 Å². The number of anilines is 1. The van der Waals surface area contributed by atoms with Crippen molar-refractivity contribution in [3.8, 4) is 23.1 Å². The number of methoxy groups -OCH3 is 2. The number of amides is 1. The number of halogens is 1. The standard InChI is InChI=1S/C29H27FN6O3/c1-38-25-20(14-32-27(33-25)39-2)22-13-19(24-31-9-10-36(24)34-22)18-12-17(18)16-3-4-21-23(11-16)35(15-28(30)5-6-28)26(37)29(21)7-8-29/h3-4,9-11,13-14,17-18H,5-8,12,15H2,1-2H3/t17-,18?/m1/s1. The zero-order valence-corrected chi connectivity index (χ0v) is 21.7. The topological polar surface area (TPSA) is 94.7 Å². The van der Waals surface area contributed by atoms with Crippen LogP contribution in [0.1, 0.15) is 60.6 Å². The number of ether oxygens (including phenoxy) is 2. The summed E-state index contributed by atoms with van der Waals surface area (Å²) < 4.78 is 27.2. The predicted molar refractivity (Wildman–Crippen MR) is 140 cm³/mol. The van der Waals surface area contributed by atoms with Crippen molar-refractivity contribution < 1.29 is 18.7 Å². The van der Waals surface area contributed by atoms with Gasteiger partial charge in [-0.05, 0) is 67.2 Å². The molecular formula is C29H27FN6O3. The maximum Gasteiger partial charge on any atom is 0.319 e. The molecule has 9 nitrogen and oxygen atoms in total. The van der Waals surface area contributed by atoms with Crippen molar-refractivity contribution in [2.45, 2.75) is 55.0 Å². The van der Waals surface area contributed by atoms with Crippen molar-refractivity contribution >= 4 is 17.2 Å². The fraction of sp³-hybridized carbons (Fsp3) is 0.414. The monoisotopic (exact) mass is 526 g/mol. The highest BCUT2D eigenvalue weighted by atomic mass is 19.1. The molecule has 198 valence electrons. The zero-order chi connectivity index (χ0) is 26.5. The molecule has 4 aliphatic rings. The molecule has 3 saturated carbocycles. The van der Waals surface area contributed by atoms with Crippen LogP contribution >= 0.6 is 0 Å². The maximum absolute atomic E-state index is 14.8. The molecule has 39 heavy (non-hydrogen) atoms. The molecule has 10 heteroatoms. The smallest absolute Gasteiger partial charge is 0.319 e. The number of hydrogen-bond acceptors (Lipinski definition) is 7. The van der Waals surface area contributed by atoms with Crippen molar-refractivity contribution in [1.29, 1.82) is 0 Å². The summed E-state index contributed by atoms with van der Waals surface area (Å²) in [6.45, 7) is 0.173. The van der Waals surface area contributed by atoms with Crippen molar-refractivity contribution in [2.24, 2.45) is 0 Å². The molecule has 0 bridgehead atoms. The van der Waals surface area contributed by atoms with Gasteiger partial charge in [-0.1, -0.05) is 12.1 Å². The Balaban J connectivity index is 1.15. The average Bonchev–Trinajstić information content (AvgIpc) is 3.90. The molecule has 8 rings (SSSR count). The Morgan fingerprint density at radius 3 is 2.67 bits per heavy atom. The number of aromatic nitrogens is 5. The van der Waals surface area contributed by atoms with E-state index in [4.69, 9.17) is 14.6 Å². The summed E-state index contributed by atoms with van der Waals surface area (Å²) in [5.41, 5.74) is 4.75. The van der Waals surface area contributed by atoms with Gasteiger partial charge in [0.1, 0.15) is 5.67 Å². The van der Waals surface area contributed by atoms with E-state index < -0.39 is 11.1 Å². The second-order valence-electron chi connectivity index (χ2n) is 11.3. The third kappa shape index (κ3) is 3.39. The molecule has 4 aromatic rings. The molecule has 1 amide bonds. The summed E-state index contributed by atoms with van der Waals surface area (Å²) in [6.07, 6.45) is 8.97. The minimum Gasteiger partial charge on any atom is -0.480 e. The van der Waals surface area contributed by atoms with Gasteiger partial charge in [0.05, 0.1) is 37.4 Å². The fourth-order valence-corrected chi connectivity index (χ4v) is 6.27. The first-order chi connectivity index (χ1) is 18.9. The molecular weight excluding hydrogens is 499 g/mol. The lowest BCUT2D eigenvalue weighted by molar-refractivity contribution is -0.120. The number of fused-ring (bicyclic) bond motifs is 3. The summed E-state index contributed by atoms with van der Waals surface area (Å²) in [6, 6.07) is 8.68. The zero-order valence-electron chi connectivity index (χ0n) is 21.7. The third-order valence-electron chi connectivity index (χ3n) is 8.86. The lowest BCUT2D eigenvalue weighted by Gasteiger charge is -2.20. The molecule has 3 aromatic heterocycles. The van der Waals surface area contributed by atoms with Gasteiger partial charge in [-0.25, -0.2) is 18.9 Å². The second kappa shape index (κ2) is 7.74. The first-order valence-corrected chi connectivity index (χ1v) is 13.4. The molecule has 1 unspecified atom stereocenters. The van der Waals surface area contributed by atoms with Gasteiger partial charge in [0.15, 0.2) is 5.65 Å².